The zero-order chi connectivity index (χ0) is 27.2. The normalized spacial score (nSPS) is 10.4. The van der Waals surface area contributed by atoms with Gasteiger partial charge < -0.3 is 18.6 Å². The van der Waals surface area contributed by atoms with E-state index in [0.29, 0.717) is 39.5 Å². The Morgan fingerprint density at radius 1 is 0.895 bits per heavy atom. The van der Waals surface area contributed by atoms with E-state index < -0.39 is 18.5 Å². The van der Waals surface area contributed by atoms with Crippen molar-refractivity contribution in [3.8, 4) is 40.0 Å². The van der Waals surface area contributed by atoms with Gasteiger partial charge in [-0.3, -0.25) is 10.1 Å². The van der Waals surface area contributed by atoms with Gasteiger partial charge in [0.2, 0.25) is 5.88 Å². The second-order valence-corrected chi connectivity index (χ2v) is 8.52. The van der Waals surface area contributed by atoms with Gasteiger partial charge in [0.1, 0.15) is 28.9 Å². The number of nitrogens with one attached hydrogen (secondary N) is 1. The van der Waals surface area contributed by atoms with Gasteiger partial charge in [-0.15, -0.1) is 0 Å². The molecule has 1 heterocycles. The summed E-state index contributed by atoms with van der Waals surface area (Å²) in [6, 6.07) is 21.7. The average molecular weight is 511 g/mol. The van der Waals surface area contributed by atoms with Crippen molar-refractivity contribution in [2.45, 2.75) is 13.8 Å². The van der Waals surface area contributed by atoms with Crippen LogP contribution in [0.2, 0.25) is 0 Å². The second-order valence-electron chi connectivity index (χ2n) is 8.52. The molecule has 0 bridgehead atoms. The Morgan fingerprint density at radius 3 is 2.05 bits per heavy atom. The minimum atomic E-state index is -0.643. The maximum Gasteiger partial charge on any atom is 0.338 e. The van der Waals surface area contributed by atoms with Crippen molar-refractivity contribution in [1.29, 1.82) is 5.26 Å². The van der Waals surface area contributed by atoms with Gasteiger partial charge in [-0.1, -0.05) is 29.8 Å². The highest BCUT2D eigenvalue weighted by molar-refractivity contribution is 5.98. The van der Waals surface area contributed by atoms with Crippen LogP contribution in [0.1, 0.15) is 27.0 Å². The number of anilines is 1. The van der Waals surface area contributed by atoms with E-state index in [2.05, 4.69) is 11.4 Å². The Labute approximate surface area is 220 Å². The maximum absolute atomic E-state index is 12.7. The Balaban J connectivity index is 1.64. The molecule has 0 saturated carbocycles. The van der Waals surface area contributed by atoms with Crippen LogP contribution in [-0.2, 0) is 9.53 Å². The number of ether oxygens (including phenoxy) is 3. The van der Waals surface area contributed by atoms with Crippen molar-refractivity contribution in [2.24, 2.45) is 0 Å². The van der Waals surface area contributed by atoms with Gasteiger partial charge >= 0.3 is 5.97 Å². The van der Waals surface area contributed by atoms with Crippen LogP contribution in [0.3, 0.4) is 0 Å². The summed E-state index contributed by atoms with van der Waals surface area (Å²) < 4.78 is 21.7. The fraction of sp³-hybridized carbons (Fsp3) is 0.167. The van der Waals surface area contributed by atoms with Crippen molar-refractivity contribution < 1.29 is 28.2 Å². The molecule has 38 heavy (non-hydrogen) atoms. The Bertz CT molecular complexity index is 1510. The molecule has 0 aliphatic heterocycles. The van der Waals surface area contributed by atoms with E-state index in [-0.39, 0.29) is 11.4 Å². The van der Waals surface area contributed by atoms with Crippen LogP contribution in [0.25, 0.3) is 22.5 Å². The third kappa shape index (κ3) is 5.52. The van der Waals surface area contributed by atoms with E-state index in [9.17, 15) is 14.9 Å². The van der Waals surface area contributed by atoms with E-state index in [1.54, 1.807) is 81.8 Å². The summed E-state index contributed by atoms with van der Waals surface area (Å²) in [7, 11) is 3.13. The van der Waals surface area contributed by atoms with Crippen LogP contribution < -0.4 is 14.8 Å². The number of carbonyl (C=O) groups excluding carboxylic acids is 2. The number of furan rings is 1. The predicted octanol–water partition coefficient (Wildman–Crippen LogP) is 5.91. The monoisotopic (exact) mass is 510 g/mol. The predicted molar refractivity (Wildman–Crippen MR) is 142 cm³/mol. The van der Waals surface area contributed by atoms with Gasteiger partial charge in [0, 0.05) is 11.1 Å². The quantitative estimate of drug-likeness (QED) is 0.293. The van der Waals surface area contributed by atoms with Crippen molar-refractivity contribution in [2.75, 3.05) is 26.1 Å². The highest BCUT2D eigenvalue weighted by Crippen LogP contribution is 2.42. The van der Waals surface area contributed by atoms with Crippen LogP contribution in [0, 0.1) is 25.2 Å². The van der Waals surface area contributed by atoms with Crippen molar-refractivity contribution in [3.05, 3.63) is 89.0 Å². The molecule has 0 saturated heterocycles. The molecule has 1 amide bonds. The van der Waals surface area contributed by atoms with Gasteiger partial charge in [0.15, 0.2) is 6.61 Å². The highest BCUT2D eigenvalue weighted by atomic mass is 16.5. The van der Waals surface area contributed by atoms with E-state index in [0.717, 1.165) is 11.1 Å². The molecule has 4 aromatic rings. The Kier molecular flexibility index (Phi) is 7.78. The molecule has 0 aliphatic carbocycles. The van der Waals surface area contributed by atoms with Crippen molar-refractivity contribution in [1.82, 2.24) is 0 Å². The zero-order valence-corrected chi connectivity index (χ0v) is 21.5. The smallest absolute Gasteiger partial charge is 0.338 e. The largest absolute Gasteiger partial charge is 0.497 e. The molecule has 0 fully saturated rings. The number of rotatable bonds is 8. The first-order chi connectivity index (χ1) is 18.3. The molecule has 3 aromatic carbocycles. The maximum atomic E-state index is 12.7. The van der Waals surface area contributed by atoms with Crippen molar-refractivity contribution >= 4 is 17.8 Å². The number of carbonyl (C=O) groups is 2. The number of methoxy groups -OCH3 is 2. The summed E-state index contributed by atoms with van der Waals surface area (Å²) >= 11 is 0. The molecule has 8 heteroatoms. The van der Waals surface area contributed by atoms with E-state index >= 15 is 0 Å². The number of esters is 1. The minimum absolute atomic E-state index is 0.0447. The lowest BCUT2D eigenvalue weighted by Gasteiger charge is -2.08. The number of benzene rings is 3. The standard InChI is InChI=1S/C30H26N2O6/c1-18-5-14-24(19(2)15-18)30(34)37-17-26(33)32-29-25(16-31)27(20-6-10-22(35-3)11-7-20)28(38-29)21-8-12-23(36-4)13-9-21/h5-15H,17H2,1-4H3,(H,32,33). The number of amides is 1. The highest BCUT2D eigenvalue weighted by Gasteiger charge is 2.25. The number of aryl methyl sites for hydroxylation is 2. The number of nitrogens with zero attached hydrogens (tertiary/aromatic N) is 1. The van der Waals surface area contributed by atoms with Crippen LogP contribution in [0.15, 0.2) is 71.1 Å². The van der Waals surface area contributed by atoms with Gasteiger partial charge in [-0.05, 0) is 67.4 Å². The first-order valence-corrected chi connectivity index (χ1v) is 11.7. The molecule has 0 spiro atoms. The zero-order valence-electron chi connectivity index (χ0n) is 21.5. The Hall–Kier alpha value is -5.03. The SMILES string of the molecule is COc1ccc(-c2oc(NC(=O)COC(=O)c3ccc(C)cc3C)c(C#N)c2-c2ccc(OC)cc2)cc1. The van der Waals surface area contributed by atoms with Gasteiger partial charge in [-0.2, -0.15) is 5.26 Å². The molecule has 0 unspecified atom stereocenters. The molecule has 4 rings (SSSR count). The van der Waals surface area contributed by atoms with Gasteiger partial charge in [0.05, 0.1) is 19.8 Å². The molecular weight excluding hydrogens is 484 g/mol. The summed E-state index contributed by atoms with van der Waals surface area (Å²) in [6.07, 6.45) is 0. The fourth-order valence-electron chi connectivity index (χ4n) is 4.02. The van der Waals surface area contributed by atoms with Gasteiger partial charge in [-0.25, -0.2) is 4.79 Å². The van der Waals surface area contributed by atoms with Crippen LogP contribution >= 0.6 is 0 Å². The number of hydrogen-bond acceptors (Lipinski definition) is 7. The second kappa shape index (κ2) is 11.4. The van der Waals surface area contributed by atoms with E-state index in [4.69, 9.17) is 18.6 Å². The first kappa shape index (κ1) is 26.0. The van der Waals surface area contributed by atoms with Crippen LogP contribution in [-0.4, -0.2) is 32.7 Å². The number of hydrogen-bond donors (Lipinski definition) is 1. The third-order valence-corrected chi connectivity index (χ3v) is 5.94. The molecule has 0 aliphatic rings. The molecule has 0 radical (unpaired) electrons. The Morgan fingerprint density at radius 2 is 1.50 bits per heavy atom. The topological polar surface area (TPSA) is 111 Å². The van der Waals surface area contributed by atoms with Gasteiger partial charge in [0.25, 0.3) is 5.91 Å². The first-order valence-electron chi connectivity index (χ1n) is 11.7. The van der Waals surface area contributed by atoms with E-state index in [1.807, 2.05) is 13.0 Å². The van der Waals surface area contributed by atoms with Crippen LogP contribution in [0.4, 0.5) is 5.88 Å². The summed E-state index contributed by atoms with van der Waals surface area (Å²) in [5, 5.41) is 12.6. The average Bonchev–Trinajstić information content (AvgIpc) is 3.29. The lowest BCUT2D eigenvalue weighted by Crippen LogP contribution is -2.21. The molecule has 8 nitrogen and oxygen atoms in total. The lowest BCUT2D eigenvalue weighted by atomic mass is 9.98. The molecule has 1 aromatic heterocycles. The molecule has 0 atom stereocenters. The van der Waals surface area contributed by atoms with Crippen molar-refractivity contribution in [3.63, 3.8) is 0 Å². The van der Waals surface area contributed by atoms with Crippen LogP contribution in [0.5, 0.6) is 11.5 Å². The third-order valence-electron chi connectivity index (χ3n) is 5.94. The van der Waals surface area contributed by atoms with E-state index in [1.165, 1.54) is 0 Å². The summed E-state index contributed by atoms with van der Waals surface area (Å²) in [4.78, 5) is 25.2. The summed E-state index contributed by atoms with van der Waals surface area (Å²) in [5.74, 6) is 0.395. The fourth-order valence-corrected chi connectivity index (χ4v) is 4.02. The molecular formula is C30H26N2O6. The lowest BCUT2D eigenvalue weighted by molar-refractivity contribution is -0.119. The number of nitriles is 1. The summed E-state index contributed by atoms with van der Waals surface area (Å²) in [5.41, 5.74) is 4.15. The summed E-state index contributed by atoms with van der Waals surface area (Å²) in [6.45, 7) is 3.17. The molecule has 192 valence electrons. The molecule has 1 N–H and O–H groups in total. The minimum Gasteiger partial charge on any atom is -0.497 e.